The van der Waals surface area contributed by atoms with Crippen LogP contribution in [0.4, 0.5) is 4.39 Å². The predicted octanol–water partition coefficient (Wildman–Crippen LogP) is 3.73. The van der Waals surface area contributed by atoms with Crippen LogP contribution < -0.4 is 0 Å². The zero-order valence-corrected chi connectivity index (χ0v) is 22.7. The average molecular weight is 533 g/mol. The molecule has 0 heterocycles. The van der Waals surface area contributed by atoms with Gasteiger partial charge in [0, 0.05) is 29.2 Å². The van der Waals surface area contributed by atoms with Crippen molar-refractivity contribution in [2.75, 3.05) is 6.61 Å². The maximum absolute atomic E-state index is 17.4. The van der Waals surface area contributed by atoms with E-state index in [4.69, 9.17) is 9.47 Å². The summed E-state index contributed by atoms with van der Waals surface area (Å²) in [5, 5.41) is 22.5. The van der Waals surface area contributed by atoms with E-state index in [1.807, 2.05) is 0 Å². The average Bonchev–Trinajstić information content (AvgIpc) is 3.07. The maximum atomic E-state index is 17.4. The van der Waals surface area contributed by atoms with Gasteiger partial charge in [0.25, 0.3) is 0 Å². The summed E-state index contributed by atoms with van der Waals surface area (Å²) in [5.74, 6) is -5.37. The summed E-state index contributed by atoms with van der Waals surface area (Å²) >= 11 is 0. The van der Waals surface area contributed by atoms with Crippen LogP contribution in [0, 0.1) is 34.5 Å². The first kappa shape index (κ1) is 28.2. The molecule has 8 atom stereocenters. The number of carbonyl (C=O) groups is 4. The van der Waals surface area contributed by atoms with Gasteiger partial charge in [-0.3, -0.25) is 19.2 Å². The van der Waals surface area contributed by atoms with Crippen LogP contribution in [0.25, 0.3) is 0 Å². The van der Waals surface area contributed by atoms with Crippen molar-refractivity contribution < 1.29 is 43.3 Å². The molecule has 0 saturated heterocycles. The SMILES string of the molecule is CCC(=O)OCC(=O)[C@@]1(OC(=O)C(C)C)C(C)C[C@H]2[C@@H]3C=C(O)C4=CC(=O)C=C[C@]4(C)[C@@]3(F)C(O)C[C@@]21C. The van der Waals surface area contributed by atoms with E-state index < -0.39 is 82.0 Å². The monoisotopic (exact) mass is 532 g/mol. The lowest BCUT2D eigenvalue weighted by Crippen LogP contribution is -2.69. The molecule has 0 aromatic carbocycles. The topological polar surface area (TPSA) is 127 Å². The van der Waals surface area contributed by atoms with Gasteiger partial charge in [-0.1, -0.05) is 40.7 Å². The Kier molecular flexibility index (Phi) is 6.78. The molecule has 2 saturated carbocycles. The third kappa shape index (κ3) is 3.57. The number of hydrogen-bond acceptors (Lipinski definition) is 8. The Morgan fingerprint density at radius 2 is 1.89 bits per heavy atom. The zero-order chi connectivity index (χ0) is 28.4. The number of ether oxygens (including phenoxy) is 2. The van der Waals surface area contributed by atoms with Crippen molar-refractivity contribution in [3.8, 4) is 0 Å². The van der Waals surface area contributed by atoms with Gasteiger partial charge in [0.1, 0.15) is 5.76 Å². The number of esters is 2. The molecule has 0 aromatic heterocycles. The molecule has 0 amide bonds. The largest absolute Gasteiger partial charge is 0.508 e. The van der Waals surface area contributed by atoms with E-state index in [-0.39, 0.29) is 30.6 Å². The Hall–Kier alpha value is -2.81. The molecule has 208 valence electrons. The van der Waals surface area contributed by atoms with Crippen molar-refractivity contribution >= 4 is 23.5 Å². The molecule has 4 rings (SSSR count). The Morgan fingerprint density at radius 1 is 1.24 bits per heavy atom. The van der Waals surface area contributed by atoms with E-state index in [1.165, 1.54) is 24.3 Å². The standard InChI is InChI=1S/C29H37FO8/c1-7-24(35)37-14-23(34)29(38-25(36)15(2)3)16(4)10-18-19-12-21(32)20-11-17(31)8-9-26(20,5)28(19,30)22(33)13-27(18,29)6/h8-9,11-12,15-16,18-19,22,32-33H,7,10,13-14H2,1-6H3/t16?,18-,19-,22?,26-,27-,28-,29-/m0/s1. The lowest BCUT2D eigenvalue weighted by molar-refractivity contribution is -0.220. The first-order valence-corrected chi connectivity index (χ1v) is 13.2. The van der Waals surface area contributed by atoms with Crippen LogP contribution >= 0.6 is 0 Å². The highest BCUT2D eigenvalue weighted by molar-refractivity contribution is 6.02. The number of ketones is 2. The molecule has 4 aliphatic rings. The van der Waals surface area contributed by atoms with E-state index in [1.54, 1.807) is 41.5 Å². The molecule has 0 aromatic rings. The van der Waals surface area contributed by atoms with Crippen LogP contribution in [-0.4, -0.2) is 57.7 Å². The highest BCUT2D eigenvalue weighted by Gasteiger charge is 2.77. The minimum Gasteiger partial charge on any atom is -0.508 e. The molecule has 2 fully saturated rings. The Morgan fingerprint density at radius 3 is 2.50 bits per heavy atom. The van der Waals surface area contributed by atoms with Crippen LogP contribution in [0.2, 0.25) is 0 Å². The molecule has 8 nitrogen and oxygen atoms in total. The van der Waals surface area contributed by atoms with E-state index in [2.05, 4.69) is 0 Å². The Bertz CT molecular complexity index is 1170. The second-order valence-electron chi connectivity index (χ2n) is 12.0. The Balaban J connectivity index is 1.88. The molecule has 0 radical (unpaired) electrons. The summed E-state index contributed by atoms with van der Waals surface area (Å²) in [6, 6.07) is 0. The number of fused-ring (bicyclic) bond motifs is 5. The predicted molar refractivity (Wildman–Crippen MR) is 134 cm³/mol. The summed E-state index contributed by atoms with van der Waals surface area (Å²) < 4.78 is 28.6. The van der Waals surface area contributed by atoms with Gasteiger partial charge < -0.3 is 19.7 Å². The Labute approximate surface area is 221 Å². The number of alkyl halides is 1. The van der Waals surface area contributed by atoms with Gasteiger partial charge in [-0.15, -0.1) is 0 Å². The number of rotatable bonds is 6. The van der Waals surface area contributed by atoms with E-state index >= 15 is 4.39 Å². The lowest BCUT2D eigenvalue weighted by atomic mass is 9.46. The first-order valence-electron chi connectivity index (χ1n) is 13.2. The third-order valence-corrected chi connectivity index (χ3v) is 9.63. The smallest absolute Gasteiger partial charge is 0.309 e. The fraction of sp³-hybridized carbons (Fsp3) is 0.655. The molecule has 0 aliphatic heterocycles. The van der Waals surface area contributed by atoms with Gasteiger partial charge in [-0.05, 0) is 43.9 Å². The molecule has 2 unspecified atom stereocenters. The van der Waals surface area contributed by atoms with Crippen LogP contribution in [0.15, 0.2) is 35.6 Å². The first-order chi connectivity index (χ1) is 17.6. The summed E-state index contributed by atoms with van der Waals surface area (Å²) in [7, 11) is 0. The highest BCUT2D eigenvalue weighted by Crippen LogP contribution is 2.70. The van der Waals surface area contributed by atoms with Crippen LogP contribution in [0.5, 0.6) is 0 Å². The molecule has 4 aliphatic carbocycles. The number of Topliss-reactive ketones (excluding diaryl/α,β-unsaturated/α-hetero) is 1. The van der Waals surface area contributed by atoms with Gasteiger partial charge in [-0.25, -0.2) is 4.39 Å². The number of carbonyl (C=O) groups excluding carboxylic acids is 4. The minimum atomic E-state index is -2.32. The van der Waals surface area contributed by atoms with Crippen molar-refractivity contribution in [1.82, 2.24) is 0 Å². The fourth-order valence-electron chi connectivity index (χ4n) is 7.60. The van der Waals surface area contributed by atoms with Crippen molar-refractivity contribution in [2.24, 2.45) is 34.5 Å². The molecule has 38 heavy (non-hydrogen) atoms. The van der Waals surface area contributed by atoms with E-state index in [0.29, 0.717) is 0 Å². The minimum absolute atomic E-state index is 0.0567. The van der Waals surface area contributed by atoms with Gasteiger partial charge in [0.15, 0.2) is 23.7 Å². The number of halogens is 1. The van der Waals surface area contributed by atoms with Gasteiger partial charge in [0.05, 0.1) is 17.4 Å². The van der Waals surface area contributed by atoms with Crippen molar-refractivity contribution in [3.05, 3.63) is 35.6 Å². The quantitative estimate of drug-likeness (QED) is 0.496. The lowest BCUT2D eigenvalue weighted by Gasteiger charge is -2.61. The molecular weight excluding hydrogens is 495 g/mol. The van der Waals surface area contributed by atoms with E-state index in [0.717, 1.165) is 0 Å². The summed E-state index contributed by atoms with van der Waals surface area (Å²) in [4.78, 5) is 50.8. The van der Waals surface area contributed by atoms with Crippen molar-refractivity contribution in [3.63, 3.8) is 0 Å². The van der Waals surface area contributed by atoms with Crippen molar-refractivity contribution in [2.45, 2.75) is 78.2 Å². The van der Waals surface area contributed by atoms with Crippen LogP contribution in [0.1, 0.15) is 60.8 Å². The second kappa shape index (κ2) is 9.14. The molecule has 2 N–H and O–H groups in total. The van der Waals surface area contributed by atoms with Crippen LogP contribution in [-0.2, 0) is 28.7 Å². The number of aliphatic hydroxyl groups excluding tert-OH is 2. The van der Waals surface area contributed by atoms with E-state index in [9.17, 15) is 29.4 Å². The third-order valence-electron chi connectivity index (χ3n) is 9.63. The van der Waals surface area contributed by atoms with Gasteiger partial charge in [-0.2, -0.15) is 0 Å². The number of aliphatic hydroxyl groups is 2. The number of hydrogen-bond donors (Lipinski definition) is 2. The molecule has 0 spiro atoms. The van der Waals surface area contributed by atoms with Crippen LogP contribution in [0.3, 0.4) is 0 Å². The van der Waals surface area contributed by atoms with Gasteiger partial charge in [0.2, 0.25) is 5.78 Å². The zero-order valence-electron chi connectivity index (χ0n) is 22.7. The summed E-state index contributed by atoms with van der Waals surface area (Å²) in [6.45, 7) is 9.22. The summed E-state index contributed by atoms with van der Waals surface area (Å²) in [6.07, 6.45) is 3.58. The van der Waals surface area contributed by atoms with Gasteiger partial charge >= 0.3 is 11.9 Å². The van der Waals surface area contributed by atoms with Crippen molar-refractivity contribution in [1.29, 1.82) is 0 Å². The molecule has 9 heteroatoms. The summed E-state index contributed by atoms with van der Waals surface area (Å²) in [5.41, 5.74) is -6.78. The molecule has 0 bridgehead atoms. The number of allylic oxidation sites excluding steroid dienone is 5. The fourth-order valence-corrected chi connectivity index (χ4v) is 7.60. The molecular formula is C29H37FO8. The second-order valence-corrected chi connectivity index (χ2v) is 12.0. The normalized spacial score (nSPS) is 41.4. The maximum Gasteiger partial charge on any atom is 0.309 e. The highest BCUT2D eigenvalue weighted by atomic mass is 19.1.